The van der Waals surface area contributed by atoms with Gasteiger partial charge in [0.2, 0.25) is 5.91 Å². The first-order valence-corrected chi connectivity index (χ1v) is 8.08. The molecule has 0 atom stereocenters. The number of thiophene rings is 1. The average molecular weight is 325 g/mol. The zero-order chi connectivity index (χ0) is 16.7. The Hall–Kier alpha value is -2.42. The molecular weight excluding hydrogens is 306 g/mol. The molecule has 5 heteroatoms. The van der Waals surface area contributed by atoms with Gasteiger partial charge in [-0.15, -0.1) is 11.3 Å². The number of nitrogens with one attached hydrogen (secondary N) is 1. The molecule has 0 aliphatic rings. The number of hydrogen-bond donors (Lipinski definition) is 1. The summed E-state index contributed by atoms with van der Waals surface area (Å²) in [4.78, 5) is 15.5. The maximum absolute atomic E-state index is 11.7. The molecule has 4 nitrogen and oxygen atoms in total. The third-order valence-electron chi connectivity index (χ3n) is 3.13. The number of nitrogens with zero attached hydrogens (tertiary/aromatic N) is 2. The van der Waals surface area contributed by atoms with Gasteiger partial charge in [0.1, 0.15) is 10.9 Å². The van der Waals surface area contributed by atoms with Gasteiger partial charge in [-0.2, -0.15) is 5.26 Å². The van der Waals surface area contributed by atoms with E-state index in [1.807, 2.05) is 61.5 Å². The van der Waals surface area contributed by atoms with Crippen molar-refractivity contribution < 1.29 is 4.79 Å². The van der Waals surface area contributed by atoms with E-state index in [0.717, 1.165) is 22.5 Å². The van der Waals surface area contributed by atoms with Crippen LogP contribution in [-0.2, 0) is 11.3 Å². The van der Waals surface area contributed by atoms with Crippen LogP contribution in [0.2, 0.25) is 0 Å². The number of likely N-dealkylation sites (N-methyl/N-ethyl adjacent to an activating group) is 1. The lowest BCUT2D eigenvalue weighted by Gasteiger charge is -2.06. The van der Waals surface area contributed by atoms with Gasteiger partial charge < -0.3 is 10.2 Å². The van der Waals surface area contributed by atoms with Crippen molar-refractivity contribution in [2.45, 2.75) is 6.54 Å². The Bertz CT molecular complexity index is 741. The predicted molar refractivity (Wildman–Crippen MR) is 94.0 cm³/mol. The van der Waals surface area contributed by atoms with Crippen molar-refractivity contribution in [2.24, 2.45) is 0 Å². The standard InChI is InChI=1S/C18H19N3OS/c1-21(2)10-4-7-18(22)20-13-14-5-3-6-15(11-14)17-9-8-16(12-19)23-17/h3-9,11H,10,13H2,1-2H3,(H,20,22)/b7-4+. The van der Waals surface area contributed by atoms with Gasteiger partial charge in [-0.1, -0.05) is 24.3 Å². The molecule has 118 valence electrons. The second-order valence-electron chi connectivity index (χ2n) is 5.36. The van der Waals surface area contributed by atoms with Crippen LogP contribution in [0.1, 0.15) is 10.4 Å². The summed E-state index contributed by atoms with van der Waals surface area (Å²) in [6, 6.07) is 13.9. The van der Waals surface area contributed by atoms with Crippen molar-refractivity contribution in [3.8, 4) is 16.5 Å². The van der Waals surface area contributed by atoms with Crippen molar-refractivity contribution >= 4 is 17.2 Å². The smallest absolute Gasteiger partial charge is 0.243 e. The van der Waals surface area contributed by atoms with Gasteiger partial charge >= 0.3 is 0 Å². The quantitative estimate of drug-likeness (QED) is 0.831. The van der Waals surface area contributed by atoms with Gasteiger partial charge in [0.15, 0.2) is 0 Å². The van der Waals surface area contributed by atoms with Gasteiger partial charge in [0.05, 0.1) is 0 Å². The van der Waals surface area contributed by atoms with E-state index < -0.39 is 0 Å². The highest BCUT2D eigenvalue weighted by Crippen LogP contribution is 2.28. The fraction of sp³-hybridized carbons (Fsp3) is 0.222. The normalized spacial score (nSPS) is 10.9. The molecule has 2 rings (SSSR count). The highest BCUT2D eigenvalue weighted by Gasteiger charge is 2.04. The molecule has 1 amide bonds. The number of hydrogen-bond acceptors (Lipinski definition) is 4. The van der Waals surface area contributed by atoms with E-state index in [9.17, 15) is 4.79 Å². The number of carbonyl (C=O) groups excluding carboxylic acids is 1. The number of rotatable bonds is 6. The maximum atomic E-state index is 11.7. The molecule has 0 bridgehead atoms. The van der Waals surface area contributed by atoms with Crippen LogP contribution in [0.5, 0.6) is 0 Å². The van der Waals surface area contributed by atoms with Crippen LogP contribution in [0.3, 0.4) is 0 Å². The SMILES string of the molecule is CN(C)C/C=C/C(=O)NCc1cccc(-c2ccc(C#N)s2)c1. The summed E-state index contributed by atoms with van der Waals surface area (Å²) in [6.07, 6.45) is 3.39. The summed E-state index contributed by atoms with van der Waals surface area (Å²) in [6.45, 7) is 1.22. The molecule has 0 aliphatic heterocycles. The number of benzene rings is 1. The van der Waals surface area contributed by atoms with Crippen molar-refractivity contribution in [1.29, 1.82) is 5.26 Å². The molecule has 0 spiro atoms. The van der Waals surface area contributed by atoms with E-state index in [4.69, 9.17) is 5.26 Å². The molecule has 2 aromatic rings. The molecule has 0 unspecified atom stereocenters. The van der Waals surface area contributed by atoms with Crippen molar-refractivity contribution in [3.05, 3.63) is 59.0 Å². The van der Waals surface area contributed by atoms with Crippen LogP contribution in [0.15, 0.2) is 48.6 Å². The first-order chi connectivity index (χ1) is 11.1. The van der Waals surface area contributed by atoms with Gasteiger partial charge in [-0.05, 0) is 43.4 Å². The van der Waals surface area contributed by atoms with Crippen LogP contribution < -0.4 is 5.32 Å². The Labute approximate surface area is 140 Å². The number of nitriles is 1. The van der Waals surface area contributed by atoms with E-state index in [2.05, 4.69) is 11.4 Å². The molecule has 1 heterocycles. The van der Waals surface area contributed by atoms with Crippen molar-refractivity contribution in [1.82, 2.24) is 10.2 Å². The Kier molecular flexibility index (Phi) is 6.10. The van der Waals surface area contributed by atoms with E-state index >= 15 is 0 Å². The molecule has 1 aromatic heterocycles. The Morgan fingerprint density at radius 1 is 1.35 bits per heavy atom. The van der Waals surface area contributed by atoms with Gasteiger partial charge in [0.25, 0.3) is 0 Å². The van der Waals surface area contributed by atoms with E-state index in [1.165, 1.54) is 11.3 Å². The van der Waals surface area contributed by atoms with Gasteiger partial charge in [-0.3, -0.25) is 4.79 Å². The monoisotopic (exact) mass is 325 g/mol. The fourth-order valence-corrected chi connectivity index (χ4v) is 2.81. The van der Waals surface area contributed by atoms with Crippen LogP contribution in [0.25, 0.3) is 10.4 Å². The number of carbonyl (C=O) groups is 1. The first kappa shape index (κ1) is 16.9. The molecule has 1 N–H and O–H groups in total. The summed E-state index contributed by atoms with van der Waals surface area (Å²) >= 11 is 1.47. The minimum Gasteiger partial charge on any atom is -0.348 e. The first-order valence-electron chi connectivity index (χ1n) is 7.27. The summed E-state index contributed by atoms with van der Waals surface area (Å²) < 4.78 is 0. The second-order valence-corrected chi connectivity index (χ2v) is 6.44. The topological polar surface area (TPSA) is 56.1 Å². The van der Waals surface area contributed by atoms with Crippen LogP contribution in [-0.4, -0.2) is 31.4 Å². The highest BCUT2D eigenvalue weighted by atomic mass is 32.1. The lowest BCUT2D eigenvalue weighted by Crippen LogP contribution is -2.21. The van der Waals surface area contributed by atoms with Crippen LogP contribution in [0, 0.1) is 11.3 Å². The van der Waals surface area contributed by atoms with Crippen molar-refractivity contribution in [2.75, 3.05) is 20.6 Å². The Balaban J connectivity index is 1.96. The Morgan fingerprint density at radius 2 is 2.17 bits per heavy atom. The summed E-state index contributed by atoms with van der Waals surface area (Å²) in [7, 11) is 3.91. The summed E-state index contributed by atoms with van der Waals surface area (Å²) in [5.74, 6) is -0.0971. The molecule has 0 saturated carbocycles. The predicted octanol–water partition coefficient (Wildman–Crippen LogP) is 3.02. The van der Waals surface area contributed by atoms with E-state index in [0.29, 0.717) is 11.4 Å². The molecule has 0 fully saturated rings. The third-order valence-corrected chi connectivity index (χ3v) is 4.17. The zero-order valence-electron chi connectivity index (χ0n) is 13.2. The zero-order valence-corrected chi connectivity index (χ0v) is 14.1. The molecule has 1 aromatic carbocycles. The molecule has 23 heavy (non-hydrogen) atoms. The lowest BCUT2D eigenvalue weighted by atomic mass is 10.1. The third kappa shape index (κ3) is 5.37. The van der Waals surface area contributed by atoms with E-state index in [-0.39, 0.29) is 5.91 Å². The maximum Gasteiger partial charge on any atom is 0.243 e. The fourth-order valence-electron chi connectivity index (χ4n) is 2.01. The Morgan fingerprint density at radius 3 is 2.87 bits per heavy atom. The van der Waals surface area contributed by atoms with Crippen LogP contribution >= 0.6 is 11.3 Å². The summed E-state index contributed by atoms with van der Waals surface area (Å²) in [5.41, 5.74) is 2.09. The minimum absolute atomic E-state index is 0.0971. The second kappa shape index (κ2) is 8.28. The number of amides is 1. The van der Waals surface area contributed by atoms with Crippen LogP contribution in [0.4, 0.5) is 0 Å². The average Bonchev–Trinajstić information content (AvgIpc) is 3.02. The van der Waals surface area contributed by atoms with Gasteiger partial charge in [-0.25, -0.2) is 0 Å². The molecule has 0 radical (unpaired) electrons. The van der Waals surface area contributed by atoms with Crippen molar-refractivity contribution in [3.63, 3.8) is 0 Å². The van der Waals surface area contributed by atoms with Gasteiger partial charge in [0, 0.05) is 24.0 Å². The summed E-state index contributed by atoms with van der Waals surface area (Å²) in [5, 5.41) is 11.8. The molecule has 0 saturated heterocycles. The highest BCUT2D eigenvalue weighted by molar-refractivity contribution is 7.16. The minimum atomic E-state index is -0.0971. The van der Waals surface area contributed by atoms with E-state index in [1.54, 1.807) is 6.08 Å². The molecular formula is C18H19N3OS. The largest absolute Gasteiger partial charge is 0.348 e. The molecule has 0 aliphatic carbocycles. The lowest BCUT2D eigenvalue weighted by molar-refractivity contribution is -0.116.